The fourth-order valence-electron chi connectivity index (χ4n) is 3.11. The molecule has 0 aliphatic heterocycles. The maximum atomic E-state index is 12.0. The molecule has 0 spiro atoms. The van der Waals surface area contributed by atoms with Crippen LogP contribution in [0.5, 0.6) is 0 Å². The second-order valence-electron chi connectivity index (χ2n) is 6.63. The van der Waals surface area contributed by atoms with Crippen molar-refractivity contribution in [3.05, 3.63) is 48.4 Å². The Kier molecular flexibility index (Phi) is 4.26. The third-order valence-electron chi connectivity index (χ3n) is 4.67. The van der Waals surface area contributed by atoms with Crippen LogP contribution in [0.15, 0.2) is 42.9 Å². The zero-order valence-electron chi connectivity index (χ0n) is 14.3. The van der Waals surface area contributed by atoms with Crippen molar-refractivity contribution < 1.29 is 9.90 Å². The van der Waals surface area contributed by atoms with Crippen molar-refractivity contribution in [1.29, 1.82) is 0 Å². The van der Waals surface area contributed by atoms with Gasteiger partial charge in [0, 0.05) is 47.8 Å². The first kappa shape index (κ1) is 16.5. The Morgan fingerprint density at radius 1 is 1.27 bits per heavy atom. The minimum Gasteiger partial charge on any atom is -0.398 e. The van der Waals surface area contributed by atoms with Crippen molar-refractivity contribution in [2.75, 3.05) is 17.7 Å². The Morgan fingerprint density at radius 2 is 2.12 bits per heavy atom. The Bertz CT molecular complexity index is 983. The Labute approximate surface area is 151 Å². The van der Waals surface area contributed by atoms with E-state index in [0.717, 1.165) is 40.3 Å². The molecule has 1 aliphatic rings. The van der Waals surface area contributed by atoms with E-state index in [1.54, 1.807) is 18.6 Å². The molecule has 6 nitrogen and oxygen atoms in total. The number of rotatable bonds is 5. The van der Waals surface area contributed by atoms with Gasteiger partial charge in [-0.3, -0.25) is 9.78 Å². The van der Waals surface area contributed by atoms with Gasteiger partial charge < -0.3 is 16.2 Å². The average molecular weight is 348 g/mol. The van der Waals surface area contributed by atoms with Crippen molar-refractivity contribution in [3.8, 4) is 11.1 Å². The first-order valence-electron chi connectivity index (χ1n) is 8.70. The van der Waals surface area contributed by atoms with Gasteiger partial charge in [-0.15, -0.1) is 0 Å². The lowest BCUT2D eigenvalue weighted by atomic mass is 9.97. The van der Waals surface area contributed by atoms with Gasteiger partial charge in [-0.25, -0.2) is 4.98 Å². The predicted octanol–water partition coefficient (Wildman–Crippen LogP) is 2.76. The van der Waals surface area contributed by atoms with Gasteiger partial charge in [0.15, 0.2) is 0 Å². The molecule has 0 unspecified atom stereocenters. The number of anilines is 2. The average Bonchev–Trinajstić information content (AvgIpc) is 3.47. The molecule has 1 aliphatic carbocycles. The molecule has 0 atom stereocenters. The number of carbonyl (C=O) groups excluding carboxylic acids is 1. The molecule has 26 heavy (non-hydrogen) atoms. The number of nitrogens with one attached hydrogen (secondary N) is 1. The van der Waals surface area contributed by atoms with E-state index >= 15 is 0 Å². The number of nitrogens with zero attached hydrogens (tertiary/aromatic N) is 2. The Morgan fingerprint density at radius 3 is 2.88 bits per heavy atom. The number of aromatic nitrogens is 2. The molecule has 0 bridgehead atoms. The molecular weight excluding hydrogens is 328 g/mol. The molecule has 4 rings (SSSR count). The molecule has 1 saturated carbocycles. The van der Waals surface area contributed by atoms with Crippen LogP contribution in [0.3, 0.4) is 0 Å². The molecule has 2 heterocycles. The molecule has 0 radical (unpaired) electrons. The van der Waals surface area contributed by atoms with Crippen LogP contribution in [0.2, 0.25) is 0 Å². The Hall–Kier alpha value is -2.99. The third-order valence-corrected chi connectivity index (χ3v) is 4.67. The largest absolute Gasteiger partial charge is 0.398 e. The SMILES string of the molecule is Nc1cc(-c2cnccc2CCO)cc2cc(NC(=O)C3CC3)ncc12. The van der Waals surface area contributed by atoms with Crippen molar-refractivity contribution in [2.45, 2.75) is 19.3 Å². The number of hydrogen-bond acceptors (Lipinski definition) is 5. The fourth-order valence-corrected chi connectivity index (χ4v) is 3.11. The lowest BCUT2D eigenvalue weighted by Crippen LogP contribution is -2.14. The maximum Gasteiger partial charge on any atom is 0.228 e. The summed E-state index contributed by atoms with van der Waals surface area (Å²) in [6, 6.07) is 7.65. The van der Waals surface area contributed by atoms with Crippen molar-refractivity contribution in [2.24, 2.45) is 5.92 Å². The van der Waals surface area contributed by atoms with Crippen LogP contribution in [-0.4, -0.2) is 27.6 Å². The van der Waals surface area contributed by atoms with Gasteiger partial charge in [0.2, 0.25) is 5.91 Å². The molecule has 3 aromatic rings. The summed E-state index contributed by atoms with van der Waals surface area (Å²) in [6.07, 6.45) is 7.64. The van der Waals surface area contributed by atoms with Gasteiger partial charge in [-0.1, -0.05) is 0 Å². The number of nitrogen functional groups attached to an aromatic ring is 1. The highest BCUT2D eigenvalue weighted by atomic mass is 16.3. The summed E-state index contributed by atoms with van der Waals surface area (Å²) in [5.41, 5.74) is 9.73. The summed E-state index contributed by atoms with van der Waals surface area (Å²) in [5, 5.41) is 13.9. The standard InChI is InChI=1S/C20H20N4O2/c21-18-8-14(16-10-22-5-3-12(16)4-6-25)7-15-9-19(23-11-17(15)18)24-20(26)13-1-2-13/h3,5,7-11,13,25H,1-2,4,6,21H2,(H,23,24,26). The molecule has 6 heteroatoms. The van der Waals surface area contributed by atoms with Crippen LogP contribution in [0.25, 0.3) is 21.9 Å². The third kappa shape index (κ3) is 3.23. The summed E-state index contributed by atoms with van der Waals surface area (Å²) in [7, 11) is 0. The van der Waals surface area contributed by atoms with E-state index in [4.69, 9.17) is 5.73 Å². The highest BCUT2D eigenvalue weighted by molar-refractivity contribution is 6.00. The number of amides is 1. The van der Waals surface area contributed by atoms with E-state index in [-0.39, 0.29) is 18.4 Å². The lowest BCUT2D eigenvalue weighted by Gasteiger charge is -2.12. The smallest absolute Gasteiger partial charge is 0.228 e. The number of benzene rings is 1. The normalized spacial score (nSPS) is 13.7. The summed E-state index contributed by atoms with van der Waals surface area (Å²) in [6.45, 7) is 0.0708. The molecule has 1 aromatic carbocycles. The van der Waals surface area contributed by atoms with Gasteiger partial charge in [-0.2, -0.15) is 0 Å². The highest BCUT2D eigenvalue weighted by Crippen LogP contribution is 2.33. The van der Waals surface area contributed by atoms with E-state index in [0.29, 0.717) is 17.9 Å². The van der Waals surface area contributed by atoms with Crippen LogP contribution < -0.4 is 11.1 Å². The number of nitrogens with two attached hydrogens (primary N) is 1. The minimum absolute atomic E-state index is 0.0264. The topological polar surface area (TPSA) is 101 Å². The van der Waals surface area contributed by atoms with Crippen LogP contribution in [0.1, 0.15) is 18.4 Å². The summed E-state index contributed by atoms with van der Waals surface area (Å²) in [4.78, 5) is 20.5. The predicted molar refractivity (Wildman–Crippen MR) is 102 cm³/mol. The Balaban J connectivity index is 1.75. The minimum atomic E-state index is 0.0264. The molecule has 1 fully saturated rings. The highest BCUT2D eigenvalue weighted by Gasteiger charge is 2.29. The summed E-state index contributed by atoms with van der Waals surface area (Å²) < 4.78 is 0. The number of carbonyl (C=O) groups is 1. The van der Waals surface area contributed by atoms with Gasteiger partial charge in [0.05, 0.1) is 0 Å². The summed E-state index contributed by atoms with van der Waals surface area (Å²) >= 11 is 0. The van der Waals surface area contributed by atoms with Gasteiger partial charge in [0.25, 0.3) is 0 Å². The van der Waals surface area contributed by atoms with E-state index in [1.165, 1.54) is 0 Å². The monoisotopic (exact) mass is 348 g/mol. The molecule has 0 saturated heterocycles. The summed E-state index contributed by atoms with van der Waals surface area (Å²) in [5.74, 6) is 0.687. The quantitative estimate of drug-likeness (QED) is 0.616. The number of fused-ring (bicyclic) bond motifs is 1. The van der Waals surface area contributed by atoms with Gasteiger partial charge in [-0.05, 0) is 60.0 Å². The lowest BCUT2D eigenvalue weighted by molar-refractivity contribution is -0.117. The van der Waals surface area contributed by atoms with Crippen LogP contribution in [0, 0.1) is 5.92 Å². The van der Waals surface area contributed by atoms with Gasteiger partial charge in [0.1, 0.15) is 5.82 Å². The molecule has 2 aromatic heterocycles. The molecule has 1 amide bonds. The van der Waals surface area contributed by atoms with Crippen LogP contribution in [-0.2, 0) is 11.2 Å². The first-order valence-corrected chi connectivity index (χ1v) is 8.70. The maximum absolute atomic E-state index is 12.0. The fraction of sp³-hybridized carbons (Fsp3) is 0.250. The number of pyridine rings is 2. The van der Waals surface area contributed by atoms with Gasteiger partial charge >= 0.3 is 0 Å². The van der Waals surface area contributed by atoms with E-state index < -0.39 is 0 Å². The molecule has 132 valence electrons. The molecular formula is C20H20N4O2. The van der Waals surface area contributed by atoms with Crippen LogP contribution in [0.4, 0.5) is 11.5 Å². The zero-order valence-corrected chi connectivity index (χ0v) is 14.3. The number of hydrogen-bond donors (Lipinski definition) is 3. The zero-order chi connectivity index (χ0) is 18.1. The number of aliphatic hydroxyl groups excluding tert-OH is 1. The van der Waals surface area contributed by atoms with Crippen molar-refractivity contribution in [3.63, 3.8) is 0 Å². The van der Waals surface area contributed by atoms with E-state index in [9.17, 15) is 9.90 Å². The second-order valence-corrected chi connectivity index (χ2v) is 6.63. The first-order chi connectivity index (χ1) is 12.7. The number of aliphatic hydroxyl groups is 1. The van der Waals surface area contributed by atoms with E-state index in [2.05, 4.69) is 15.3 Å². The van der Waals surface area contributed by atoms with Crippen LogP contribution >= 0.6 is 0 Å². The van der Waals surface area contributed by atoms with Crippen molar-refractivity contribution in [1.82, 2.24) is 9.97 Å². The van der Waals surface area contributed by atoms with E-state index in [1.807, 2.05) is 24.3 Å². The second kappa shape index (κ2) is 6.72. The van der Waals surface area contributed by atoms with Crippen molar-refractivity contribution >= 4 is 28.2 Å². The molecule has 4 N–H and O–H groups in total.